The van der Waals surface area contributed by atoms with Crippen LogP contribution in [0.3, 0.4) is 0 Å². The van der Waals surface area contributed by atoms with E-state index in [4.69, 9.17) is 0 Å². The normalized spacial score (nSPS) is 55.3. The van der Waals surface area contributed by atoms with E-state index in [1.807, 2.05) is 5.57 Å². The molecule has 0 heterocycles. The maximum absolute atomic E-state index is 12.7. The lowest BCUT2D eigenvalue weighted by atomic mass is 9.33. The fourth-order valence-corrected chi connectivity index (χ4v) is 10.7. The lowest BCUT2D eigenvalue weighted by Gasteiger charge is -2.71. The van der Waals surface area contributed by atoms with Gasteiger partial charge in [0.15, 0.2) is 0 Å². The Morgan fingerprint density at radius 2 is 1.55 bits per heavy atom. The van der Waals surface area contributed by atoms with Gasteiger partial charge < -0.3 is 5.11 Å². The second kappa shape index (κ2) is 6.91. The molecule has 4 saturated carbocycles. The summed E-state index contributed by atoms with van der Waals surface area (Å²) in [5.74, 6) is 1.35. The van der Waals surface area contributed by atoms with Crippen LogP contribution in [-0.4, -0.2) is 11.1 Å². The molecule has 0 aromatic rings. The lowest BCUT2D eigenvalue weighted by molar-refractivity contribution is -0.205. The summed E-state index contributed by atoms with van der Waals surface area (Å²) in [4.78, 5) is 12.7. The molecule has 9 unspecified atom stereocenters. The second-order valence-corrected chi connectivity index (χ2v) is 15.4. The first-order chi connectivity index (χ1) is 15.1. The number of aliphatic carboxylic acids is 1. The summed E-state index contributed by atoms with van der Waals surface area (Å²) in [6, 6.07) is 0. The third kappa shape index (κ3) is 2.88. The van der Waals surface area contributed by atoms with E-state index in [1.165, 1.54) is 51.4 Å². The molecule has 0 amide bonds. The van der Waals surface area contributed by atoms with Crippen molar-refractivity contribution in [2.24, 2.45) is 56.2 Å². The first-order valence-electron chi connectivity index (χ1n) is 14.1. The number of fused-ring (bicyclic) bond motifs is 7. The van der Waals surface area contributed by atoms with E-state index in [9.17, 15) is 9.90 Å². The number of carboxylic acid groups (broad SMARTS) is 1. The molecule has 4 fully saturated rings. The highest BCUT2D eigenvalue weighted by Gasteiger charge is 2.69. The molecule has 2 heteroatoms. The highest BCUT2D eigenvalue weighted by molar-refractivity contribution is 5.75. The van der Waals surface area contributed by atoms with Crippen LogP contribution in [-0.2, 0) is 4.79 Å². The molecule has 186 valence electrons. The largest absolute Gasteiger partial charge is 0.481 e. The van der Waals surface area contributed by atoms with Crippen molar-refractivity contribution in [1.29, 1.82) is 0 Å². The quantitative estimate of drug-likeness (QED) is 0.403. The average Bonchev–Trinajstić information content (AvgIpc) is 2.72. The molecule has 0 spiro atoms. The minimum Gasteiger partial charge on any atom is -0.481 e. The van der Waals surface area contributed by atoms with Gasteiger partial charge in [0.25, 0.3) is 0 Å². The fourth-order valence-electron chi connectivity index (χ4n) is 10.7. The number of carbonyl (C=O) groups is 1. The van der Waals surface area contributed by atoms with E-state index >= 15 is 0 Å². The summed E-state index contributed by atoms with van der Waals surface area (Å²) in [5.41, 5.74) is 2.84. The predicted molar refractivity (Wildman–Crippen MR) is 136 cm³/mol. The highest BCUT2D eigenvalue weighted by atomic mass is 16.4. The van der Waals surface area contributed by atoms with E-state index in [1.54, 1.807) is 0 Å². The van der Waals surface area contributed by atoms with Crippen molar-refractivity contribution in [2.75, 3.05) is 0 Å². The van der Waals surface area contributed by atoms with Gasteiger partial charge in [-0.25, -0.2) is 0 Å². The van der Waals surface area contributed by atoms with Crippen LogP contribution in [0.15, 0.2) is 11.6 Å². The predicted octanol–water partition coefficient (Wildman–Crippen LogP) is 8.51. The van der Waals surface area contributed by atoms with Crippen LogP contribution in [0.2, 0.25) is 0 Å². The monoisotopic (exact) mass is 454 g/mol. The Kier molecular flexibility index (Phi) is 5.01. The van der Waals surface area contributed by atoms with Gasteiger partial charge in [0.05, 0.1) is 5.41 Å². The number of carboxylic acids is 1. The van der Waals surface area contributed by atoms with Crippen LogP contribution in [0.1, 0.15) is 120 Å². The molecular formula is C31H50O2. The molecule has 2 nitrogen and oxygen atoms in total. The Morgan fingerprint density at radius 3 is 2.21 bits per heavy atom. The molecule has 0 radical (unpaired) electrons. The van der Waals surface area contributed by atoms with Gasteiger partial charge in [-0.1, -0.05) is 60.1 Å². The van der Waals surface area contributed by atoms with Crippen LogP contribution < -0.4 is 0 Å². The Balaban J connectivity index is 1.58. The highest BCUT2D eigenvalue weighted by Crippen LogP contribution is 2.76. The third-order valence-electron chi connectivity index (χ3n) is 13.7. The molecule has 9 atom stereocenters. The molecule has 0 aliphatic heterocycles. The smallest absolute Gasteiger partial charge is 0.309 e. The Hall–Kier alpha value is -0.790. The Labute approximate surface area is 203 Å². The molecule has 33 heavy (non-hydrogen) atoms. The van der Waals surface area contributed by atoms with E-state index < -0.39 is 11.4 Å². The van der Waals surface area contributed by atoms with E-state index in [0.717, 1.165) is 18.8 Å². The van der Waals surface area contributed by atoms with Gasteiger partial charge >= 0.3 is 5.97 Å². The number of hydrogen-bond acceptors (Lipinski definition) is 1. The van der Waals surface area contributed by atoms with Crippen LogP contribution in [0, 0.1) is 56.2 Å². The zero-order valence-electron chi connectivity index (χ0n) is 22.8. The van der Waals surface area contributed by atoms with Gasteiger partial charge in [-0.3, -0.25) is 4.79 Å². The number of hydrogen-bond donors (Lipinski definition) is 1. The minimum atomic E-state index is -0.586. The van der Waals surface area contributed by atoms with Crippen molar-refractivity contribution in [3.63, 3.8) is 0 Å². The van der Waals surface area contributed by atoms with Crippen molar-refractivity contribution in [3.05, 3.63) is 11.6 Å². The SMILES string of the molecule is CC1CCC2(C)C(CCC3(C)C2CC=C2C4CC(C)(C)CCC4(C)CCC23C)C1(C)C(=O)O. The molecule has 5 aliphatic carbocycles. The Morgan fingerprint density at radius 1 is 0.879 bits per heavy atom. The summed E-state index contributed by atoms with van der Waals surface area (Å²) in [6.45, 7) is 19.7. The van der Waals surface area contributed by atoms with Crippen molar-refractivity contribution in [2.45, 2.75) is 120 Å². The van der Waals surface area contributed by atoms with Gasteiger partial charge in [0.1, 0.15) is 0 Å². The van der Waals surface area contributed by atoms with E-state index in [0.29, 0.717) is 22.7 Å². The maximum atomic E-state index is 12.7. The minimum absolute atomic E-state index is 0.129. The van der Waals surface area contributed by atoms with Crippen LogP contribution in [0.25, 0.3) is 0 Å². The van der Waals surface area contributed by atoms with Crippen molar-refractivity contribution >= 4 is 5.97 Å². The van der Waals surface area contributed by atoms with Crippen LogP contribution in [0.5, 0.6) is 0 Å². The van der Waals surface area contributed by atoms with Gasteiger partial charge in [-0.05, 0) is 122 Å². The number of rotatable bonds is 1. The summed E-state index contributed by atoms with van der Waals surface area (Å²) >= 11 is 0. The summed E-state index contributed by atoms with van der Waals surface area (Å²) in [5, 5.41) is 10.4. The van der Waals surface area contributed by atoms with Gasteiger partial charge in [-0.2, -0.15) is 0 Å². The van der Waals surface area contributed by atoms with Gasteiger partial charge in [0, 0.05) is 0 Å². The molecule has 0 aromatic carbocycles. The van der Waals surface area contributed by atoms with Crippen molar-refractivity contribution in [1.82, 2.24) is 0 Å². The zero-order valence-corrected chi connectivity index (χ0v) is 22.8. The average molecular weight is 455 g/mol. The lowest BCUT2D eigenvalue weighted by Crippen LogP contribution is -2.65. The topological polar surface area (TPSA) is 37.3 Å². The standard InChI is InChI=1S/C31H50O2/c1-20-11-13-28(5)23-10-9-21-22-19-26(2,3)15-16-27(22,4)17-18-29(21,6)30(23,7)14-12-24(28)31(20,8)25(32)33/h9,20,22-24H,10-19H2,1-8H3,(H,32,33). The third-order valence-corrected chi connectivity index (χ3v) is 13.7. The summed E-state index contributed by atoms with van der Waals surface area (Å²) in [6.07, 6.45) is 15.2. The maximum Gasteiger partial charge on any atom is 0.309 e. The van der Waals surface area contributed by atoms with Crippen molar-refractivity contribution < 1.29 is 9.90 Å². The molecule has 0 saturated heterocycles. The fraction of sp³-hybridized carbons (Fsp3) is 0.903. The molecule has 0 bridgehead atoms. The Bertz CT molecular complexity index is 885. The molecule has 1 N–H and O–H groups in total. The molecule has 0 aromatic heterocycles. The van der Waals surface area contributed by atoms with Crippen LogP contribution >= 0.6 is 0 Å². The number of allylic oxidation sites excluding steroid dienone is 2. The van der Waals surface area contributed by atoms with E-state index in [-0.39, 0.29) is 22.2 Å². The van der Waals surface area contributed by atoms with Crippen molar-refractivity contribution in [3.8, 4) is 0 Å². The van der Waals surface area contributed by atoms with Gasteiger partial charge in [0.2, 0.25) is 0 Å². The molecular weight excluding hydrogens is 404 g/mol. The zero-order chi connectivity index (χ0) is 24.2. The van der Waals surface area contributed by atoms with E-state index in [2.05, 4.69) is 61.5 Å². The van der Waals surface area contributed by atoms with Crippen LogP contribution in [0.4, 0.5) is 0 Å². The molecule has 5 aliphatic rings. The summed E-state index contributed by atoms with van der Waals surface area (Å²) in [7, 11) is 0. The first kappa shape index (κ1) is 23.9. The molecule has 5 rings (SSSR count). The summed E-state index contributed by atoms with van der Waals surface area (Å²) < 4.78 is 0. The first-order valence-corrected chi connectivity index (χ1v) is 14.1. The second-order valence-electron chi connectivity index (χ2n) is 15.4. The van der Waals surface area contributed by atoms with Gasteiger partial charge in [-0.15, -0.1) is 0 Å².